The van der Waals surface area contributed by atoms with E-state index in [4.69, 9.17) is 9.47 Å². The summed E-state index contributed by atoms with van der Waals surface area (Å²) in [5.41, 5.74) is 6.44. The van der Waals surface area contributed by atoms with Crippen LogP contribution in [0.5, 0.6) is 11.5 Å². The van der Waals surface area contributed by atoms with E-state index in [1.807, 2.05) is 35.2 Å². The summed E-state index contributed by atoms with van der Waals surface area (Å²) in [5.74, 6) is 1.70. The molecule has 2 aliphatic heterocycles. The largest absolute Gasteiger partial charge is 0.493 e. The molecule has 0 spiro atoms. The van der Waals surface area contributed by atoms with E-state index in [0.29, 0.717) is 36.8 Å². The highest BCUT2D eigenvalue weighted by molar-refractivity contribution is 5.97. The lowest BCUT2D eigenvalue weighted by molar-refractivity contribution is -0.158. The van der Waals surface area contributed by atoms with Crippen LogP contribution in [0.15, 0.2) is 66.7 Å². The number of para-hydroxylation sites is 1. The molecule has 4 aromatic rings. The molecule has 0 saturated carbocycles. The predicted molar refractivity (Wildman–Crippen MR) is 155 cm³/mol. The van der Waals surface area contributed by atoms with E-state index in [0.717, 1.165) is 33.3 Å². The van der Waals surface area contributed by atoms with Crippen molar-refractivity contribution in [3.05, 3.63) is 94.7 Å². The summed E-state index contributed by atoms with van der Waals surface area (Å²) in [6.07, 6.45) is 1.11. The minimum absolute atomic E-state index is 0.000177. The van der Waals surface area contributed by atoms with Crippen LogP contribution in [0.2, 0.25) is 0 Å². The average Bonchev–Trinajstić information content (AvgIpc) is 3.35. The van der Waals surface area contributed by atoms with Crippen molar-refractivity contribution in [2.45, 2.75) is 44.7 Å². The Balaban J connectivity index is 1.34. The zero-order valence-electron chi connectivity index (χ0n) is 23.4. The maximum absolute atomic E-state index is 14.0. The molecule has 40 heavy (non-hydrogen) atoms. The van der Waals surface area contributed by atoms with E-state index >= 15 is 0 Å². The van der Waals surface area contributed by atoms with Gasteiger partial charge in [0, 0.05) is 29.6 Å². The van der Waals surface area contributed by atoms with Crippen LogP contribution in [-0.4, -0.2) is 59.9 Å². The first kappa shape index (κ1) is 26.0. The molecule has 1 fully saturated rings. The van der Waals surface area contributed by atoms with Gasteiger partial charge in [-0.1, -0.05) is 62.4 Å². The van der Waals surface area contributed by atoms with Crippen molar-refractivity contribution in [1.82, 2.24) is 14.8 Å². The van der Waals surface area contributed by atoms with E-state index in [-0.39, 0.29) is 24.4 Å². The van der Waals surface area contributed by atoms with E-state index in [1.54, 1.807) is 19.1 Å². The molecule has 2 amide bonds. The molecular weight excluding hydrogens is 502 g/mol. The zero-order valence-corrected chi connectivity index (χ0v) is 23.4. The summed E-state index contributed by atoms with van der Waals surface area (Å²) in [6.45, 7) is 4.87. The smallest absolute Gasteiger partial charge is 0.246 e. The van der Waals surface area contributed by atoms with Gasteiger partial charge < -0.3 is 24.3 Å². The number of piperazine rings is 1. The van der Waals surface area contributed by atoms with Crippen molar-refractivity contribution in [3.8, 4) is 11.5 Å². The second-order valence-corrected chi connectivity index (χ2v) is 11.0. The Kier molecular flexibility index (Phi) is 6.74. The molecule has 2 atom stereocenters. The van der Waals surface area contributed by atoms with Crippen molar-refractivity contribution in [3.63, 3.8) is 0 Å². The number of methoxy groups -OCH3 is 2. The highest BCUT2D eigenvalue weighted by Crippen LogP contribution is 2.42. The summed E-state index contributed by atoms with van der Waals surface area (Å²) >= 11 is 0. The fourth-order valence-electron chi connectivity index (χ4n) is 6.22. The number of aromatic nitrogens is 1. The van der Waals surface area contributed by atoms with Crippen molar-refractivity contribution < 1.29 is 19.1 Å². The van der Waals surface area contributed by atoms with Gasteiger partial charge in [-0.25, -0.2) is 0 Å². The Morgan fingerprint density at radius 3 is 2.42 bits per heavy atom. The van der Waals surface area contributed by atoms with E-state index in [9.17, 15) is 9.59 Å². The van der Waals surface area contributed by atoms with Crippen LogP contribution < -0.4 is 9.47 Å². The molecule has 0 radical (unpaired) electrons. The monoisotopic (exact) mass is 537 g/mol. The SMILES string of the molecule is COc1ccc(CCN2CC(=O)N3[C@@H](c4ccc(C(C)C)cc4)c4[nH]c5ccccc5c4C[C@H]3C2=O)cc1OC. The number of hydrogen-bond donors (Lipinski definition) is 1. The standard InChI is InChI=1S/C33H35N3O4/c1-20(2)22-10-12-23(13-11-22)32-31-25(24-7-5-6-8-26(24)34-31)18-27-33(38)35(19-30(37)36(27)32)16-15-21-9-14-28(39-3)29(17-21)40-4/h5-14,17,20,27,32,34H,15-16,18-19H2,1-4H3/t27-,32-/m0/s1. The molecule has 1 aromatic heterocycles. The number of benzene rings is 3. The second kappa shape index (κ2) is 10.4. The predicted octanol–water partition coefficient (Wildman–Crippen LogP) is 5.24. The van der Waals surface area contributed by atoms with Gasteiger partial charge in [-0.05, 0) is 52.8 Å². The van der Waals surface area contributed by atoms with Crippen LogP contribution in [0, 0.1) is 0 Å². The number of nitrogens with one attached hydrogen (secondary N) is 1. The lowest BCUT2D eigenvalue weighted by Crippen LogP contribution is -2.63. The molecule has 7 nitrogen and oxygen atoms in total. The summed E-state index contributed by atoms with van der Waals surface area (Å²) in [6, 6.07) is 21.6. The van der Waals surface area contributed by atoms with Gasteiger partial charge in [0.2, 0.25) is 11.8 Å². The molecule has 7 heteroatoms. The quantitative estimate of drug-likeness (QED) is 0.350. The molecule has 206 valence electrons. The number of hydrogen-bond acceptors (Lipinski definition) is 4. The van der Waals surface area contributed by atoms with E-state index in [2.05, 4.69) is 55.2 Å². The van der Waals surface area contributed by atoms with Crippen LogP contribution in [0.3, 0.4) is 0 Å². The van der Waals surface area contributed by atoms with Gasteiger partial charge >= 0.3 is 0 Å². The molecule has 6 rings (SSSR count). The Hall–Kier alpha value is -4.26. The molecule has 0 bridgehead atoms. The third-order valence-electron chi connectivity index (χ3n) is 8.38. The highest BCUT2D eigenvalue weighted by atomic mass is 16.5. The van der Waals surface area contributed by atoms with Crippen molar-refractivity contribution in [1.29, 1.82) is 0 Å². The Bertz CT molecular complexity index is 1570. The van der Waals surface area contributed by atoms with Crippen molar-refractivity contribution >= 4 is 22.7 Å². The zero-order chi connectivity index (χ0) is 28.0. The topological polar surface area (TPSA) is 74.9 Å². The highest BCUT2D eigenvalue weighted by Gasteiger charge is 2.48. The Morgan fingerprint density at radius 2 is 1.70 bits per heavy atom. The number of carbonyl (C=O) groups is 2. The second-order valence-electron chi connectivity index (χ2n) is 11.0. The number of amides is 2. The minimum Gasteiger partial charge on any atom is -0.493 e. The van der Waals surface area contributed by atoms with Gasteiger partial charge in [0.25, 0.3) is 0 Å². The van der Waals surface area contributed by atoms with Crippen molar-refractivity contribution in [2.75, 3.05) is 27.3 Å². The van der Waals surface area contributed by atoms with Gasteiger partial charge in [0.05, 0.1) is 26.8 Å². The molecule has 0 unspecified atom stereocenters. The van der Waals surface area contributed by atoms with Crippen LogP contribution >= 0.6 is 0 Å². The van der Waals surface area contributed by atoms with Gasteiger partial charge in [0.1, 0.15) is 6.04 Å². The molecule has 3 aromatic carbocycles. The van der Waals surface area contributed by atoms with Gasteiger partial charge in [-0.15, -0.1) is 0 Å². The minimum atomic E-state index is -0.548. The number of fused-ring (bicyclic) bond motifs is 4. The number of H-pyrrole nitrogens is 1. The molecule has 1 saturated heterocycles. The lowest BCUT2D eigenvalue weighted by Gasteiger charge is -2.47. The number of carbonyl (C=O) groups excluding carboxylic acids is 2. The van der Waals surface area contributed by atoms with Gasteiger partial charge in [0.15, 0.2) is 11.5 Å². The number of aromatic amines is 1. The van der Waals surface area contributed by atoms with E-state index < -0.39 is 6.04 Å². The van der Waals surface area contributed by atoms with Crippen molar-refractivity contribution in [2.24, 2.45) is 0 Å². The molecule has 1 N–H and O–H groups in total. The third-order valence-corrected chi connectivity index (χ3v) is 8.38. The summed E-state index contributed by atoms with van der Waals surface area (Å²) < 4.78 is 10.8. The van der Waals surface area contributed by atoms with Crippen LogP contribution in [0.1, 0.15) is 53.8 Å². The Labute approximate surface area is 234 Å². The number of rotatable bonds is 7. The number of nitrogens with zero attached hydrogens (tertiary/aromatic N) is 2. The van der Waals surface area contributed by atoms with Crippen LogP contribution in [0.4, 0.5) is 0 Å². The molecule has 3 heterocycles. The maximum Gasteiger partial charge on any atom is 0.246 e. The first-order valence-corrected chi connectivity index (χ1v) is 13.9. The first-order valence-electron chi connectivity index (χ1n) is 13.9. The number of ether oxygens (including phenoxy) is 2. The molecule has 2 aliphatic rings. The summed E-state index contributed by atoms with van der Waals surface area (Å²) in [5, 5.41) is 1.11. The Morgan fingerprint density at radius 1 is 0.950 bits per heavy atom. The average molecular weight is 538 g/mol. The lowest BCUT2D eigenvalue weighted by atomic mass is 9.85. The first-order chi connectivity index (χ1) is 19.4. The fraction of sp³-hybridized carbons (Fsp3) is 0.333. The maximum atomic E-state index is 14.0. The van der Waals surface area contributed by atoms with Crippen LogP contribution in [-0.2, 0) is 22.4 Å². The summed E-state index contributed by atoms with van der Waals surface area (Å²) in [7, 11) is 3.22. The third kappa shape index (κ3) is 4.39. The van der Waals surface area contributed by atoms with E-state index in [1.165, 1.54) is 5.56 Å². The normalized spacial score (nSPS) is 18.7. The van der Waals surface area contributed by atoms with Crippen LogP contribution in [0.25, 0.3) is 10.9 Å². The van der Waals surface area contributed by atoms with Gasteiger partial charge in [-0.2, -0.15) is 0 Å². The van der Waals surface area contributed by atoms with Gasteiger partial charge in [-0.3, -0.25) is 9.59 Å². The fourth-order valence-corrected chi connectivity index (χ4v) is 6.22. The molecule has 0 aliphatic carbocycles. The molecular formula is C33H35N3O4. The summed E-state index contributed by atoms with van der Waals surface area (Å²) in [4.78, 5) is 35.0.